The Hall–Kier alpha value is -2.78. The minimum atomic E-state index is -0.951. The smallest absolute Gasteiger partial charge is 0.184 e. The van der Waals surface area contributed by atoms with Gasteiger partial charge in [-0.05, 0) is 30.4 Å². The first-order chi connectivity index (χ1) is 14.0. The van der Waals surface area contributed by atoms with E-state index in [2.05, 4.69) is 27.6 Å². The summed E-state index contributed by atoms with van der Waals surface area (Å²) in [4.78, 5) is 4.12. The quantitative estimate of drug-likeness (QED) is 0.426. The summed E-state index contributed by atoms with van der Waals surface area (Å²) in [6, 6.07) is 10.9. The Balaban J connectivity index is 1.64. The highest BCUT2D eigenvalue weighted by atomic mass is 32.1. The first-order valence-corrected chi connectivity index (χ1v) is 9.56. The molecule has 0 unspecified atom stereocenters. The molecule has 0 aliphatic carbocycles. The number of thiocarbonyl (C=S) groups is 1. The molecule has 1 aliphatic heterocycles. The van der Waals surface area contributed by atoms with Crippen molar-refractivity contribution in [2.75, 3.05) is 38.2 Å². The van der Waals surface area contributed by atoms with Gasteiger partial charge in [0.25, 0.3) is 0 Å². The molecule has 0 aromatic heterocycles. The number of methoxy groups -OCH3 is 1. The SMILES string of the molecule is COc1ccccc1CN1CCN(c2ccc(C=NNC(N)=S)c(F)c2F)CC1. The predicted octanol–water partition coefficient (Wildman–Crippen LogP) is 2.46. The van der Waals surface area contributed by atoms with Gasteiger partial charge in [0.2, 0.25) is 0 Å². The lowest BCUT2D eigenvalue weighted by molar-refractivity contribution is 0.245. The van der Waals surface area contributed by atoms with E-state index < -0.39 is 11.6 Å². The van der Waals surface area contributed by atoms with Crippen LogP contribution in [0.4, 0.5) is 14.5 Å². The van der Waals surface area contributed by atoms with Crippen LogP contribution < -0.4 is 20.8 Å². The fourth-order valence-corrected chi connectivity index (χ4v) is 3.34. The first-order valence-electron chi connectivity index (χ1n) is 9.15. The topological polar surface area (TPSA) is 66.1 Å². The van der Waals surface area contributed by atoms with Crippen molar-refractivity contribution in [3.63, 3.8) is 0 Å². The third-order valence-electron chi connectivity index (χ3n) is 4.77. The molecule has 1 saturated heterocycles. The highest BCUT2D eigenvalue weighted by Gasteiger charge is 2.22. The van der Waals surface area contributed by atoms with Crippen molar-refractivity contribution in [3.05, 3.63) is 59.2 Å². The average Bonchev–Trinajstić information content (AvgIpc) is 2.72. The fourth-order valence-electron chi connectivity index (χ4n) is 3.28. The van der Waals surface area contributed by atoms with Crippen LogP contribution in [0, 0.1) is 11.6 Å². The van der Waals surface area contributed by atoms with Crippen LogP contribution in [-0.2, 0) is 6.54 Å². The molecular formula is C20H23F2N5OS. The lowest BCUT2D eigenvalue weighted by atomic mass is 10.1. The normalized spacial score (nSPS) is 14.9. The number of piperazine rings is 1. The number of para-hydroxylation sites is 1. The zero-order valence-electron chi connectivity index (χ0n) is 16.1. The van der Waals surface area contributed by atoms with Gasteiger partial charge in [-0.3, -0.25) is 10.3 Å². The Morgan fingerprint density at radius 2 is 1.90 bits per heavy atom. The number of nitrogens with two attached hydrogens (primary N) is 1. The van der Waals surface area contributed by atoms with E-state index in [1.165, 1.54) is 6.07 Å². The molecule has 1 heterocycles. The number of halogens is 2. The van der Waals surface area contributed by atoms with Crippen molar-refractivity contribution in [1.29, 1.82) is 0 Å². The molecule has 6 nitrogen and oxygen atoms in total. The molecule has 0 amide bonds. The van der Waals surface area contributed by atoms with E-state index >= 15 is 0 Å². The van der Waals surface area contributed by atoms with Gasteiger partial charge in [-0.25, -0.2) is 8.78 Å². The molecule has 1 aliphatic rings. The maximum absolute atomic E-state index is 14.6. The van der Waals surface area contributed by atoms with Crippen LogP contribution in [0.25, 0.3) is 0 Å². The second-order valence-corrected chi connectivity index (χ2v) is 7.05. The van der Waals surface area contributed by atoms with Gasteiger partial charge in [0, 0.05) is 43.9 Å². The van der Waals surface area contributed by atoms with Gasteiger partial charge in [-0.2, -0.15) is 5.10 Å². The van der Waals surface area contributed by atoms with Crippen molar-refractivity contribution >= 4 is 29.2 Å². The van der Waals surface area contributed by atoms with Gasteiger partial charge in [0.15, 0.2) is 16.7 Å². The highest BCUT2D eigenvalue weighted by Crippen LogP contribution is 2.26. The minimum Gasteiger partial charge on any atom is -0.496 e. The van der Waals surface area contributed by atoms with Gasteiger partial charge >= 0.3 is 0 Å². The van der Waals surface area contributed by atoms with Crippen molar-refractivity contribution in [2.24, 2.45) is 10.8 Å². The molecule has 9 heteroatoms. The van der Waals surface area contributed by atoms with Gasteiger partial charge in [-0.15, -0.1) is 0 Å². The molecule has 3 rings (SSSR count). The van der Waals surface area contributed by atoms with E-state index in [9.17, 15) is 8.78 Å². The van der Waals surface area contributed by atoms with E-state index in [1.807, 2.05) is 29.2 Å². The number of hydrazone groups is 1. The number of nitrogens with one attached hydrogen (secondary N) is 1. The van der Waals surface area contributed by atoms with Crippen LogP contribution in [0.1, 0.15) is 11.1 Å². The molecule has 3 N–H and O–H groups in total. The number of nitrogens with zero attached hydrogens (tertiary/aromatic N) is 3. The maximum atomic E-state index is 14.6. The molecule has 29 heavy (non-hydrogen) atoms. The number of hydrogen-bond acceptors (Lipinski definition) is 5. The highest BCUT2D eigenvalue weighted by molar-refractivity contribution is 7.80. The monoisotopic (exact) mass is 419 g/mol. The van der Waals surface area contributed by atoms with Gasteiger partial charge < -0.3 is 15.4 Å². The number of benzene rings is 2. The molecule has 0 bridgehead atoms. The molecule has 2 aromatic rings. The van der Waals surface area contributed by atoms with E-state index in [1.54, 1.807) is 13.2 Å². The second-order valence-electron chi connectivity index (χ2n) is 6.61. The van der Waals surface area contributed by atoms with Crippen molar-refractivity contribution in [3.8, 4) is 5.75 Å². The Morgan fingerprint density at radius 3 is 2.59 bits per heavy atom. The fraction of sp³-hybridized carbons (Fsp3) is 0.300. The summed E-state index contributed by atoms with van der Waals surface area (Å²) in [6.45, 7) is 3.42. The zero-order chi connectivity index (χ0) is 20.8. The summed E-state index contributed by atoms with van der Waals surface area (Å²) in [5.74, 6) is -0.986. The third kappa shape index (κ3) is 5.18. The molecule has 1 fully saturated rings. The van der Waals surface area contributed by atoms with Crippen molar-refractivity contribution in [2.45, 2.75) is 6.54 Å². The van der Waals surface area contributed by atoms with Crippen LogP contribution in [0.2, 0.25) is 0 Å². The molecule has 0 saturated carbocycles. The molecule has 2 aromatic carbocycles. The standard InChI is InChI=1S/C20H23F2N5OS/c1-28-17-5-3-2-4-15(17)13-26-8-10-27(11-9-26)16-7-6-14(18(21)19(16)22)12-24-25-20(23)29/h2-7,12H,8-11,13H2,1H3,(H3,23,25,29). The van der Waals surface area contributed by atoms with Crippen LogP contribution in [0.3, 0.4) is 0 Å². The lowest BCUT2D eigenvalue weighted by Crippen LogP contribution is -2.46. The van der Waals surface area contributed by atoms with Gasteiger partial charge in [0.1, 0.15) is 5.75 Å². The van der Waals surface area contributed by atoms with E-state index in [-0.39, 0.29) is 16.4 Å². The van der Waals surface area contributed by atoms with Crippen LogP contribution in [-0.4, -0.2) is 49.5 Å². The molecule has 0 atom stereocenters. The van der Waals surface area contributed by atoms with Crippen LogP contribution in [0.5, 0.6) is 5.75 Å². The summed E-state index contributed by atoms with van der Waals surface area (Å²) in [6.07, 6.45) is 1.15. The minimum absolute atomic E-state index is 0.0183. The number of anilines is 1. The van der Waals surface area contributed by atoms with Gasteiger partial charge in [0.05, 0.1) is 19.0 Å². The van der Waals surface area contributed by atoms with E-state index in [0.717, 1.165) is 37.2 Å². The number of ether oxygens (including phenoxy) is 1. The van der Waals surface area contributed by atoms with Crippen molar-refractivity contribution in [1.82, 2.24) is 10.3 Å². The molecule has 0 spiro atoms. The summed E-state index contributed by atoms with van der Waals surface area (Å²) in [7, 11) is 1.66. The zero-order valence-corrected chi connectivity index (χ0v) is 16.9. The van der Waals surface area contributed by atoms with Crippen LogP contribution in [0.15, 0.2) is 41.5 Å². The number of hydrogen-bond donors (Lipinski definition) is 2. The lowest BCUT2D eigenvalue weighted by Gasteiger charge is -2.36. The predicted molar refractivity (Wildman–Crippen MR) is 114 cm³/mol. The summed E-state index contributed by atoms with van der Waals surface area (Å²) < 4.78 is 34.4. The van der Waals surface area contributed by atoms with Crippen molar-refractivity contribution < 1.29 is 13.5 Å². The summed E-state index contributed by atoms with van der Waals surface area (Å²) in [5, 5.41) is 3.62. The van der Waals surface area contributed by atoms with Crippen LogP contribution >= 0.6 is 12.2 Å². The Morgan fingerprint density at radius 1 is 1.17 bits per heavy atom. The Kier molecular flexibility index (Phi) is 6.95. The first kappa shape index (κ1) is 20.9. The largest absolute Gasteiger partial charge is 0.496 e. The number of rotatable bonds is 6. The van der Waals surface area contributed by atoms with Gasteiger partial charge in [-0.1, -0.05) is 18.2 Å². The molecular weight excluding hydrogens is 396 g/mol. The molecule has 154 valence electrons. The summed E-state index contributed by atoms with van der Waals surface area (Å²) >= 11 is 4.61. The Bertz CT molecular complexity index is 900. The molecule has 0 radical (unpaired) electrons. The average molecular weight is 420 g/mol. The second kappa shape index (κ2) is 9.62. The Labute approximate surface area is 173 Å². The summed E-state index contributed by atoms with van der Waals surface area (Å²) in [5.41, 5.74) is 8.93. The van der Waals surface area contributed by atoms with E-state index in [4.69, 9.17) is 10.5 Å². The maximum Gasteiger partial charge on any atom is 0.184 e. The third-order valence-corrected chi connectivity index (χ3v) is 4.86. The van der Waals surface area contributed by atoms with E-state index in [0.29, 0.717) is 13.1 Å².